The molecule has 0 saturated carbocycles. The van der Waals surface area contributed by atoms with Crippen molar-refractivity contribution >= 4 is 23.2 Å². The lowest BCUT2D eigenvalue weighted by atomic mass is 10.2. The molecule has 3 rings (SSSR count). The van der Waals surface area contributed by atoms with Crippen LogP contribution in [0, 0.1) is 0 Å². The molecular formula is C17H14ClN3O3. The Morgan fingerprint density at radius 2 is 1.96 bits per heavy atom. The minimum atomic E-state index is -0.685. The number of benzene rings is 2. The highest BCUT2D eigenvalue weighted by molar-refractivity contribution is 6.33. The van der Waals surface area contributed by atoms with Crippen LogP contribution >= 0.6 is 11.6 Å². The molecule has 122 valence electrons. The Morgan fingerprint density at radius 1 is 1.21 bits per heavy atom. The minimum absolute atomic E-state index is 0.288. The van der Waals surface area contributed by atoms with Crippen molar-refractivity contribution < 1.29 is 13.9 Å². The molecule has 6 nitrogen and oxygen atoms in total. The van der Waals surface area contributed by atoms with E-state index in [1.807, 2.05) is 0 Å². The zero-order chi connectivity index (χ0) is 16.9. The second kappa shape index (κ2) is 7.14. The summed E-state index contributed by atoms with van der Waals surface area (Å²) in [5.41, 5.74) is 1.32. The number of nitrogens with one attached hydrogen (secondary N) is 1. The average Bonchev–Trinajstić information content (AvgIpc) is 3.12. The summed E-state index contributed by atoms with van der Waals surface area (Å²) in [5.74, 6) is 0.690. The van der Waals surface area contributed by atoms with Crippen LogP contribution in [0.2, 0.25) is 5.02 Å². The van der Waals surface area contributed by atoms with Gasteiger partial charge in [-0.2, -0.15) is 0 Å². The van der Waals surface area contributed by atoms with Crippen molar-refractivity contribution in [2.45, 2.75) is 13.0 Å². The fraction of sp³-hybridized carbons (Fsp3) is 0.118. The lowest BCUT2D eigenvalue weighted by Crippen LogP contribution is -2.30. The molecule has 2 aromatic carbocycles. The van der Waals surface area contributed by atoms with E-state index in [9.17, 15) is 4.79 Å². The lowest BCUT2D eigenvalue weighted by molar-refractivity contribution is -0.122. The Balaban J connectivity index is 1.63. The van der Waals surface area contributed by atoms with Gasteiger partial charge in [0.2, 0.25) is 12.3 Å². The molecule has 24 heavy (non-hydrogen) atoms. The first-order chi connectivity index (χ1) is 11.6. The van der Waals surface area contributed by atoms with Crippen LogP contribution in [0.4, 0.5) is 5.69 Å². The summed E-state index contributed by atoms with van der Waals surface area (Å²) in [6, 6.07) is 14.1. The molecule has 1 N–H and O–H groups in total. The molecule has 1 atom stereocenters. The van der Waals surface area contributed by atoms with Crippen molar-refractivity contribution in [3.8, 4) is 17.2 Å². The number of carbonyl (C=O) groups is 1. The molecule has 0 fully saturated rings. The molecule has 1 aromatic heterocycles. The number of halogens is 1. The van der Waals surface area contributed by atoms with Crippen molar-refractivity contribution in [3.63, 3.8) is 0 Å². The Kier molecular flexibility index (Phi) is 4.77. The zero-order valence-corrected chi connectivity index (χ0v) is 13.5. The number of hydrogen-bond donors (Lipinski definition) is 1. The van der Waals surface area contributed by atoms with Gasteiger partial charge >= 0.3 is 0 Å². The molecule has 0 spiro atoms. The van der Waals surface area contributed by atoms with Crippen molar-refractivity contribution in [2.75, 3.05) is 5.32 Å². The van der Waals surface area contributed by atoms with Crippen LogP contribution in [0.5, 0.6) is 5.75 Å². The smallest absolute Gasteiger partial charge is 0.265 e. The van der Waals surface area contributed by atoms with Gasteiger partial charge in [0.1, 0.15) is 5.75 Å². The highest BCUT2D eigenvalue weighted by Crippen LogP contribution is 2.23. The second-order valence-corrected chi connectivity index (χ2v) is 5.40. The van der Waals surface area contributed by atoms with Crippen molar-refractivity contribution in [3.05, 3.63) is 59.9 Å². The van der Waals surface area contributed by atoms with E-state index in [0.717, 1.165) is 5.56 Å². The van der Waals surface area contributed by atoms with Gasteiger partial charge in [-0.15, -0.1) is 10.2 Å². The van der Waals surface area contributed by atoms with E-state index in [1.54, 1.807) is 55.5 Å². The van der Waals surface area contributed by atoms with E-state index < -0.39 is 6.10 Å². The Hall–Kier alpha value is -2.86. The van der Waals surface area contributed by atoms with Crippen LogP contribution in [-0.2, 0) is 4.79 Å². The summed E-state index contributed by atoms with van der Waals surface area (Å²) >= 11 is 6.02. The van der Waals surface area contributed by atoms with Crippen molar-refractivity contribution in [1.82, 2.24) is 10.2 Å². The fourth-order valence-corrected chi connectivity index (χ4v) is 2.21. The van der Waals surface area contributed by atoms with Gasteiger partial charge in [-0.1, -0.05) is 23.7 Å². The summed E-state index contributed by atoms with van der Waals surface area (Å²) in [5, 5.41) is 10.7. The quantitative estimate of drug-likeness (QED) is 0.762. The van der Waals surface area contributed by atoms with Crippen LogP contribution in [0.3, 0.4) is 0 Å². The highest BCUT2D eigenvalue weighted by atomic mass is 35.5. The number of rotatable bonds is 5. The van der Waals surface area contributed by atoms with E-state index in [2.05, 4.69) is 15.5 Å². The summed E-state index contributed by atoms with van der Waals surface area (Å²) in [6.45, 7) is 1.66. The number of nitrogens with zero attached hydrogens (tertiary/aromatic N) is 2. The largest absolute Gasteiger partial charge is 0.481 e. The van der Waals surface area contributed by atoms with E-state index >= 15 is 0 Å². The van der Waals surface area contributed by atoms with E-state index in [4.69, 9.17) is 20.8 Å². The fourth-order valence-electron chi connectivity index (χ4n) is 2.03. The van der Waals surface area contributed by atoms with Crippen molar-refractivity contribution in [2.24, 2.45) is 0 Å². The van der Waals surface area contributed by atoms with Gasteiger partial charge in [0, 0.05) is 5.56 Å². The second-order valence-electron chi connectivity index (χ2n) is 5.00. The molecule has 0 radical (unpaired) electrons. The Morgan fingerprint density at radius 3 is 2.62 bits per heavy atom. The third-order valence-corrected chi connectivity index (χ3v) is 3.60. The third kappa shape index (κ3) is 3.72. The number of amides is 1. The van der Waals surface area contributed by atoms with E-state index in [1.165, 1.54) is 6.39 Å². The maximum absolute atomic E-state index is 12.2. The maximum Gasteiger partial charge on any atom is 0.265 e. The van der Waals surface area contributed by atoms with Gasteiger partial charge in [0.05, 0.1) is 10.7 Å². The van der Waals surface area contributed by atoms with Crippen LogP contribution in [-0.4, -0.2) is 22.2 Å². The number of aromatic nitrogens is 2. The summed E-state index contributed by atoms with van der Waals surface area (Å²) in [6.07, 6.45) is 0.580. The topological polar surface area (TPSA) is 77.2 Å². The first-order valence-electron chi connectivity index (χ1n) is 7.22. The molecule has 0 aliphatic carbocycles. The van der Waals surface area contributed by atoms with Gasteiger partial charge in [0.25, 0.3) is 5.91 Å². The molecule has 0 bridgehead atoms. The predicted octanol–water partition coefficient (Wildman–Crippen LogP) is 3.80. The zero-order valence-electron chi connectivity index (χ0n) is 12.8. The Bertz CT molecular complexity index is 819. The van der Waals surface area contributed by atoms with Gasteiger partial charge in [0.15, 0.2) is 6.10 Å². The molecule has 0 aliphatic heterocycles. The lowest BCUT2D eigenvalue weighted by Gasteiger charge is -2.15. The number of carbonyl (C=O) groups excluding carboxylic acids is 1. The standard InChI is InChI=1S/C17H14ClN3O3/c1-11(16(22)20-15-5-3-2-4-14(15)18)24-13-8-6-12(7-9-13)17-21-19-10-23-17/h2-11H,1H3,(H,20,22)/t11-/m0/s1. The van der Waals surface area contributed by atoms with Crippen LogP contribution in [0.25, 0.3) is 11.5 Å². The summed E-state index contributed by atoms with van der Waals surface area (Å²) < 4.78 is 10.8. The van der Waals surface area contributed by atoms with Crippen LogP contribution in [0.1, 0.15) is 6.92 Å². The minimum Gasteiger partial charge on any atom is -0.481 e. The summed E-state index contributed by atoms with van der Waals surface area (Å²) in [7, 11) is 0. The van der Waals surface area contributed by atoms with Crippen LogP contribution in [0.15, 0.2) is 59.3 Å². The number of anilines is 1. The molecule has 1 amide bonds. The van der Waals surface area contributed by atoms with Gasteiger partial charge in [-0.05, 0) is 43.3 Å². The van der Waals surface area contributed by atoms with Crippen LogP contribution < -0.4 is 10.1 Å². The highest BCUT2D eigenvalue weighted by Gasteiger charge is 2.16. The molecular weight excluding hydrogens is 330 g/mol. The monoisotopic (exact) mass is 343 g/mol. The SMILES string of the molecule is C[C@H](Oc1ccc(-c2nnco2)cc1)C(=O)Nc1ccccc1Cl. The third-order valence-electron chi connectivity index (χ3n) is 3.28. The average molecular weight is 344 g/mol. The van der Waals surface area contributed by atoms with E-state index in [0.29, 0.717) is 22.4 Å². The normalized spacial score (nSPS) is 11.8. The first-order valence-corrected chi connectivity index (χ1v) is 7.60. The molecule has 3 aromatic rings. The first kappa shape index (κ1) is 16.0. The van der Waals surface area contributed by atoms with Gasteiger partial charge < -0.3 is 14.5 Å². The summed E-state index contributed by atoms with van der Waals surface area (Å²) in [4.78, 5) is 12.2. The molecule has 7 heteroatoms. The molecule has 0 aliphatic rings. The molecule has 0 saturated heterocycles. The predicted molar refractivity (Wildman–Crippen MR) is 89.9 cm³/mol. The number of hydrogen-bond acceptors (Lipinski definition) is 5. The number of ether oxygens (including phenoxy) is 1. The number of para-hydroxylation sites is 1. The Labute approximate surface area is 143 Å². The molecule has 0 unspecified atom stereocenters. The van der Waals surface area contributed by atoms with E-state index in [-0.39, 0.29) is 5.91 Å². The van der Waals surface area contributed by atoms with Gasteiger partial charge in [-0.3, -0.25) is 4.79 Å². The maximum atomic E-state index is 12.2. The van der Waals surface area contributed by atoms with Gasteiger partial charge in [-0.25, -0.2) is 0 Å². The van der Waals surface area contributed by atoms with Crippen molar-refractivity contribution in [1.29, 1.82) is 0 Å². The molecule has 1 heterocycles.